The summed E-state index contributed by atoms with van der Waals surface area (Å²) in [5.74, 6) is -1.35. The Labute approximate surface area is 185 Å². The molecule has 0 fully saturated rings. The second-order valence-electron chi connectivity index (χ2n) is 6.91. The first-order chi connectivity index (χ1) is 15.8. The van der Waals surface area contributed by atoms with Crippen molar-refractivity contribution in [2.75, 3.05) is 7.11 Å². The Morgan fingerprint density at radius 3 is 2.73 bits per heavy atom. The fourth-order valence-electron chi connectivity index (χ4n) is 3.05. The molecule has 0 aliphatic carbocycles. The van der Waals surface area contributed by atoms with Crippen molar-refractivity contribution in [3.8, 4) is 17.1 Å². The molecule has 4 rings (SSSR count). The van der Waals surface area contributed by atoms with Gasteiger partial charge in [0.2, 0.25) is 5.82 Å². The molecule has 1 N–H and O–H groups in total. The van der Waals surface area contributed by atoms with Crippen LogP contribution in [0.15, 0.2) is 59.3 Å². The summed E-state index contributed by atoms with van der Waals surface area (Å²) in [5, 5.41) is 6.89. The van der Waals surface area contributed by atoms with Gasteiger partial charge in [-0.1, -0.05) is 35.5 Å². The molecule has 0 saturated heterocycles. The number of amides is 1. The molecule has 11 heteroatoms. The highest BCUT2D eigenvalue weighted by atomic mass is 19.4. The number of hydrogen-bond donors (Lipinski definition) is 1. The number of alkyl halides is 3. The van der Waals surface area contributed by atoms with E-state index in [2.05, 4.69) is 25.0 Å². The van der Waals surface area contributed by atoms with Crippen LogP contribution in [0.5, 0.6) is 5.75 Å². The Kier molecular flexibility index (Phi) is 6.11. The van der Waals surface area contributed by atoms with Crippen molar-refractivity contribution in [1.82, 2.24) is 20.4 Å². The topological polar surface area (TPSA) is 99.4 Å². The highest BCUT2D eigenvalue weighted by Crippen LogP contribution is 2.31. The first-order valence-corrected chi connectivity index (χ1v) is 9.66. The number of nitrogens with one attached hydrogen (secondary N) is 1. The molecule has 0 saturated carbocycles. The summed E-state index contributed by atoms with van der Waals surface area (Å²) in [4.78, 5) is 19.8. The molecule has 0 bridgehead atoms. The van der Waals surface area contributed by atoms with Crippen molar-refractivity contribution in [1.29, 1.82) is 0 Å². The minimum absolute atomic E-state index is 0.0408. The van der Waals surface area contributed by atoms with Crippen molar-refractivity contribution < 1.29 is 32.0 Å². The van der Waals surface area contributed by atoms with Crippen LogP contribution in [0.4, 0.5) is 18.0 Å². The summed E-state index contributed by atoms with van der Waals surface area (Å²) in [7, 11) is 1.39. The molecule has 1 amide bonds. The van der Waals surface area contributed by atoms with Gasteiger partial charge in [-0.3, -0.25) is 4.98 Å². The van der Waals surface area contributed by atoms with Crippen molar-refractivity contribution in [2.24, 2.45) is 0 Å². The summed E-state index contributed by atoms with van der Waals surface area (Å²) >= 11 is 0. The number of aromatic nitrogens is 3. The van der Waals surface area contributed by atoms with E-state index in [0.717, 1.165) is 16.5 Å². The lowest BCUT2D eigenvalue weighted by molar-refractivity contribution is -0.159. The van der Waals surface area contributed by atoms with E-state index in [1.165, 1.54) is 19.2 Å². The highest BCUT2D eigenvalue weighted by molar-refractivity contribution is 5.78. The molecule has 0 radical (unpaired) electrons. The Balaban J connectivity index is 1.37. The molecule has 2 heterocycles. The van der Waals surface area contributed by atoms with E-state index in [9.17, 15) is 18.0 Å². The predicted molar refractivity (Wildman–Crippen MR) is 110 cm³/mol. The minimum atomic E-state index is -4.73. The molecule has 33 heavy (non-hydrogen) atoms. The van der Waals surface area contributed by atoms with Gasteiger partial charge in [0.1, 0.15) is 12.4 Å². The van der Waals surface area contributed by atoms with E-state index >= 15 is 0 Å². The van der Waals surface area contributed by atoms with Gasteiger partial charge in [0.15, 0.2) is 0 Å². The normalized spacial score (nSPS) is 11.4. The van der Waals surface area contributed by atoms with Crippen molar-refractivity contribution in [3.63, 3.8) is 0 Å². The van der Waals surface area contributed by atoms with E-state index in [4.69, 9.17) is 9.47 Å². The summed E-state index contributed by atoms with van der Waals surface area (Å²) in [6.07, 6.45) is -3.75. The molecule has 2 aromatic heterocycles. The van der Waals surface area contributed by atoms with Gasteiger partial charge in [-0.05, 0) is 18.2 Å². The molecule has 8 nitrogen and oxygen atoms in total. The maximum atomic E-state index is 12.7. The molecular weight excluding hydrogens is 441 g/mol. The predicted octanol–water partition coefficient (Wildman–Crippen LogP) is 4.74. The van der Waals surface area contributed by atoms with Crippen LogP contribution >= 0.6 is 0 Å². The molecule has 0 atom stereocenters. The molecular formula is C22H17F3N4O4. The molecule has 4 aromatic rings. The van der Waals surface area contributed by atoms with Crippen LogP contribution in [-0.4, -0.2) is 28.3 Å². The number of carbonyl (C=O) groups excluding carboxylic acids is 1. The lowest BCUT2D eigenvalue weighted by Crippen LogP contribution is -2.23. The Bertz CT molecular complexity index is 1290. The van der Waals surface area contributed by atoms with Crippen LogP contribution in [0.1, 0.15) is 17.0 Å². The molecule has 2 aromatic carbocycles. The average molecular weight is 458 g/mol. The van der Waals surface area contributed by atoms with Gasteiger partial charge in [-0.25, -0.2) is 4.79 Å². The summed E-state index contributed by atoms with van der Waals surface area (Å²) in [6, 6.07) is 14.0. The number of methoxy groups -OCH3 is 1. The first kappa shape index (κ1) is 22.1. The van der Waals surface area contributed by atoms with Gasteiger partial charge in [-0.15, -0.1) is 0 Å². The van der Waals surface area contributed by atoms with Gasteiger partial charge < -0.3 is 19.3 Å². The lowest BCUT2D eigenvalue weighted by Gasteiger charge is -2.11. The number of halogens is 3. The van der Waals surface area contributed by atoms with Gasteiger partial charge in [0.05, 0.1) is 12.6 Å². The number of pyridine rings is 1. The van der Waals surface area contributed by atoms with Crippen LogP contribution in [0, 0.1) is 0 Å². The number of para-hydroxylation sites is 1. The molecule has 0 unspecified atom stereocenters. The van der Waals surface area contributed by atoms with Crippen LogP contribution in [0.25, 0.3) is 22.3 Å². The monoisotopic (exact) mass is 458 g/mol. The number of nitrogens with zero attached hydrogens (tertiary/aromatic N) is 3. The fraction of sp³-hybridized carbons (Fsp3) is 0.182. The van der Waals surface area contributed by atoms with E-state index < -0.39 is 18.2 Å². The van der Waals surface area contributed by atoms with E-state index in [1.807, 2.05) is 30.3 Å². The number of carbonyl (C=O) groups is 1. The van der Waals surface area contributed by atoms with Gasteiger partial charge >= 0.3 is 18.2 Å². The van der Waals surface area contributed by atoms with E-state index in [0.29, 0.717) is 11.3 Å². The van der Waals surface area contributed by atoms with Gasteiger partial charge in [0.25, 0.3) is 0 Å². The number of rotatable bonds is 6. The lowest BCUT2D eigenvalue weighted by atomic mass is 10.1. The molecule has 0 aliphatic rings. The second kappa shape index (κ2) is 9.15. The molecule has 0 spiro atoms. The summed E-state index contributed by atoms with van der Waals surface area (Å²) < 4.78 is 52.8. The smallest absolute Gasteiger partial charge is 0.471 e. The number of alkyl carbamates (subject to hydrolysis) is 1. The van der Waals surface area contributed by atoms with Crippen LogP contribution in [0.3, 0.4) is 0 Å². The largest absolute Gasteiger partial charge is 0.496 e. The minimum Gasteiger partial charge on any atom is -0.496 e. The van der Waals surface area contributed by atoms with Gasteiger partial charge in [-0.2, -0.15) is 18.2 Å². The third-order valence-corrected chi connectivity index (χ3v) is 4.65. The Morgan fingerprint density at radius 2 is 1.97 bits per heavy atom. The van der Waals surface area contributed by atoms with Crippen LogP contribution in [-0.2, 0) is 24.1 Å². The van der Waals surface area contributed by atoms with Crippen LogP contribution < -0.4 is 10.1 Å². The first-order valence-electron chi connectivity index (χ1n) is 9.66. The molecule has 0 aliphatic heterocycles. The van der Waals surface area contributed by atoms with Crippen molar-refractivity contribution in [2.45, 2.75) is 19.3 Å². The zero-order valence-corrected chi connectivity index (χ0v) is 17.2. The SMILES string of the molecule is COc1cc(-c2noc(C(F)(F)F)n2)ccc1CNC(=O)OCc1cnc2ccccc2c1. The Hall–Kier alpha value is -4.15. The third-order valence-electron chi connectivity index (χ3n) is 4.65. The summed E-state index contributed by atoms with van der Waals surface area (Å²) in [6.45, 7) is 0.109. The highest BCUT2D eigenvalue weighted by Gasteiger charge is 2.38. The zero-order chi connectivity index (χ0) is 23.4. The van der Waals surface area contributed by atoms with Crippen LogP contribution in [0.2, 0.25) is 0 Å². The molecule has 170 valence electrons. The number of fused-ring (bicyclic) bond motifs is 1. The number of benzene rings is 2. The maximum Gasteiger partial charge on any atom is 0.471 e. The van der Waals surface area contributed by atoms with Gasteiger partial charge in [0, 0.05) is 34.8 Å². The maximum absolute atomic E-state index is 12.7. The quantitative estimate of drug-likeness (QED) is 0.446. The van der Waals surface area contributed by atoms with E-state index in [1.54, 1.807) is 12.3 Å². The van der Waals surface area contributed by atoms with Crippen molar-refractivity contribution in [3.05, 3.63) is 71.7 Å². The summed E-state index contributed by atoms with van der Waals surface area (Å²) in [5.41, 5.74) is 2.42. The third kappa shape index (κ3) is 5.20. The number of ether oxygens (including phenoxy) is 2. The second-order valence-corrected chi connectivity index (χ2v) is 6.91. The number of hydrogen-bond acceptors (Lipinski definition) is 7. The Morgan fingerprint density at radius 1 is 1.15 bits per heavy atom. The fourth-order valence-corrected chi connectivity index (χ4v) is 3.05. The van der Waals surface area contributed by atoms with Crippen molar-refractivity contribution >= 4 is 17.0 Å². The zero-order valence-electron chi connectivity index (χ0n) is 17.2. The van der Waals surface area contributed by atoms with E-state index in [-0.39, 0.29) is 24.5 Å². The standard InChI is InChI=1S/C22H17F3N4O4/c1-31-18-9-15(19-28-20(33-29-19)22(23,24)25)6-7-16(18)11-27-21(30)32-12-13-8-14-4-2-3-5-17(14)26-10-13/h2-10H,11-12H2,1H3,(H,27,30). The average Bonchev–Trinajstić information content (AvgIpc) is 3.32.